The van der Waals surface area contributed by atoms with Gasteiger partial charge in [0.05, 0.1) is 30.9 Å². The van der Waals surface area contributed by atoms with Crippen LogP contribution in [-0.2, 0) is 20.0 Å². The van der Waals surface area contributed by atoms with Gasteiger partial charge in [-0.2, -0.15) is 9.52 Å². The Labute approximate surface area is 171 Å². The van der Waals surface area contributed by atoms with Gasteiger partial charge in [-0.1, -0.05) is 24.3 Å². The van der Waals surface area contributed by atoms with E-state index in [0.29, 0.717) is 29.1 Å². The fourth-order valence-corrected chi connectivity index (χ4v) is 4.62. The number of nitrogens with one attached hydrogen (secondary N) is 1. The summed E-state index contributed by atoms with van der Waals surface area (Å²) in [5, 5.41) is 4.34. The van der Waals surface area contributed by atoms with E-state index in [1.807, 2.05) is 6.07 Å². The molecular weight excluding hydrogens is 414 g/mol. The fourth-order valence-electron chi connectivity index (χ4n) is 3.08. The number of methoxy groups -OCH3 is 1. The minimum atomic E-state index is -3.61. The maximum Gasteiger partial charge on any atom is 0.247 e. The third-order valence-electron chi connectivity index (χ3n) is 4.54. The molecule has 0 saturated heterocycles. The van der Waals surface area contributed by atoms with Crippen molar-refractivity contribution in [2.75, 3.05) is 23.8 Å². The van der Waals surface area contributed by atoms with Gasteiger partial charge in [0, 0.05) is 12.1 Å². The molecule has 0 fully saturated rings. The number of hydrogen-bond acceptors (Lipinski definition) is 6. The standard InChI is InChI=1S/C19H23N3O5S2/c1-4-29(25,26)21-16-9-5-7-14(11-16)18-13-19(22(20-18)28(3,23)24)15-8-6-10-17(12-15)27-2/h5-12,19,21H,4,13H2,1-3H3/t19-/m0/s1. The molecule has 156 valence electrons. The molecule has 2 aromatic rings. The lowest BCUT2D eigenvalue weighted by Gasteiger charge is -2.21. The van der Waals surface area contributed by atoms with E-state index in [1.54, 1.807) is 56.5 Å². The largest absolute Gasteiger partial charge is 0.497 e. The molecule has 0 saturated carbocycles. The highest BCUT2D eigenvalue weighted by atomic mass is 32.2. The Morgan fingerprint density at radius 2 is 1.86 bits per heavy atom. The number of rotatable bonds is 7. The van der Waals surface area contributed by atoms with Gasteiger partial charge < -0.3 is 4.74 Å². The number of hydrazone groups is 1. The second-order valence-corrected chi connectivity index (χ2v) is 10.5. The zero-order chi connectivity index (χ0) is 21.2. The van der Waals surface area contributed by atoms with Crippen LogP contribution in [0.15, 0.2) is 53.6 Å². The molecule has 0 aromatic heterocycles. The smallest absolute Gasteiger partial charge is 0.247 e. The molecule has 1 atom stereocenters. The summed E-state index contributed by atoms with van der Waals surface area (Å²) in [6.45, 7) is 1.55. The quantitative estimate of drug-likeness (QED) is 0.717. The maximum absolute atomic E-state index is 12.3. The van der Waals surface area contributed by atoms with Gasteiger partial charge in [0.2, 0.25) is 20.0 Å². The summed E-state index contributed by atoms with van der Waals surface area (Å²) in [7, 11) is -5.48. The van der Waals surface area contributed by atoms with E-state index in [-0.39, 0.29) is 5.75 Å². The van der Waals surface area contributed by atoms with Crippen LogP contribution in [-0.4, -0.2) is 46.1 Å². The van der Waals surface area contributed by atoms with E-state index in [9.17, 15) is 16.8 Å². The van der Waals surface area contributed by atoms with Gasteiger partial charge in [0.1, 0.15) is 5.75 Å². The Morgan fingerprint density at radius 1 is 1.14 bits per heavy atom. The van der Waals surface area contributed by atoms with Gasteiger partial charge >= 0.3 is 0 Å². The topological polar surface area (TPSA) is 105 Å². The molecule has 0 amide bonds. The van der Waals surface area contributed by atoms with Gasteiger partial charge in [-0.3, -0.25) is 4.72 Å². The SMILES string of the molecule is CCS(=O)(=O)Nc1cccc(C2=NN(S(C)(=O)=O)[C@H](c3cccc(OC)c3)C2)c1. The summed E-state index contributed by atoms with van der Waals surface area (Å²) in [5.74, 6) is 0.582. The van der Waals surface area contributed by atoms with Gasteiger partial charge in [-0.15, -0.1) is 0 Å². The number of ether oxygens (including phenoxy) is 1. The van der Waals surface area contributed by atoms with Crippen molar-refractivity contribution >= 4 is 31.4 Å². The average molecular weight is 438 g/mol. The van der Waals surface area contributed by atoms with Crippen LogP contribution in [0, 0.1) is 0 Å². The first kappa shape index (κ1) is 21.1. The van der Waals surface area contributed by atoms with Crippen LogP contribution in [0.2, 0.25) is 0 Å². The van der Waals surface area contributed by atoms with Crippen LogP contribution >= 0.6 is 0 Å². The highest BCUT2D eigenvalue weighted by molar-refractivity contribution is 7.92. The van der Waals surface area contributed by atoms with Crippen molar-refractivity contribution in [3.8, 4) is 5.75 Å². The summed E-state index contributed by atoms with van der Waals surface area (Å²) in [6, 6.07) is 13.5. The van der Waals surface area contributed by atoms with E-state index < -0.39 is 26.1 Å². The van der Waals surface area contributed by atoms with Gasteiger partial charge in [-0.05, 0) is 42.3 Å². The molecule has 1 N–H and O–H groups in total. The monoisotopic (exact) mass is 437 g/mol. The predicted molar refractivity (Wildman–Crippen MR) is 113 cm³/mol. The van der Waals surface area contributed by atoms with Crippen LogP contribution in [0.1, 0.15) is 30.5 Å². The number of hydrogen-bond donors (Lipinski definition) is 1. The summed E-state index contributed by atoms with van der Waals surface area (Å²) in [5.41, 5.74) is 2.38. The Kier molecular flexibility index (Phi) is 5.85. The Morgan fingerprint density at radius 3 is 2.52 bits per heavy atom. The Hall–Kier alpha value is -2.59. The number of anilines is 1. The molecule has 0 bridgehead atoms. The van der Waals surface area contributed by atoms with E-state index >= 15 is 0 Å². The Bertz CT molecular complexity index is 1140. The molecular formula is C19H23N3O5S2. The lowest BCUT2D eigenvalue weighted by molar-refractivity contribution is 0.371. The van der Waals surface area contributed by atoms with Gasteiger partial charge in [-0.25, -0.2) is 16.8 Å². The molecule has 1 aliphatic rings. The predicted octanol–water partition coefficient (Wildman–Crippen LogP) is 2.57. The van der Waals surface area contributed by atoms with Crippen molar-refractivity contribution in [2.45, 2.75) is 19.4 Å². The van der Waals surface area contributed by atoms with E-state index in [2.05, 4.69) is 9.82 Å². The molecule has 10 heteroatoms. The molecule has 1 aliphatic heterocycles. The fraction of sp³-hybridized carbons (Fsp3) is 0.316. The van der Waals surface area contributed by atoms with E-state index in [1.165, 1.54) is 0 Å². The molecule has 0 spiro atoms. The molecule has 1 heterocycles. The lowest BCUT2D eigenvalue weighted by Crippen LogP contribution is -2.25. The number of nitrogens with zero attached hydrogens (tertiary/aromatic N) is 2. The second kappa shape index (κ2) is 8.03. The highest BCUT2D eigenvalue weighted by Gasteiger charge is 2.34. The van der Waals surface area contributed by atoms with Crippen LogP contribution in [0.4, 0.5) is 5.69 Å². The number of sulfonamides is 2. The maximum atomic E-state index is 12.3. The second-order valence-electron chi connectivity index (χ2n) is 6.67. The summed E-state index contributed by atoms with van der Waals surface area (Å²) in [4.78, 5) is 0. The van der Waals surface area contributed by atoms with Gasteiger partial charge in [0.25, 0.3) is 0 Å². The summed E-state index contributed by atoms with van der Waals surface area (Å²) >= 11 is 0. The average Bonchev–Trinajstić information content (AvgIpc) is 3.14. The van der Waals surface area contributed by atoms with Crippen molar-refractivity contribution in [1.29, 1.82) is 0 Å². The van der Waals surface area contributed by atoms with Crippen molar-refractivity contribution in [2.24, 2.45) is 5.10 Å². The normalized spacial score (nSPS) is 17.1. The third-order valence-corrected chi connectivity index (χ3v) is 6.86. The first-order valence-corrected chi connectivity index (χ1v) is 12.4. The minimum absolute atomic E-state index is 0.0437. The van der Waals surface area contributed by atoms with Crippen LogP contribution in [0.25, 0.3) is 0 Å². The van der Waals surface area contributed by atoms with Gasteiger partial charge in [0.15, 0.2) is 0 Å². The van der Waals surface area contributed by atoms with Crippen LogP contribution in [0.5, 0.6) is 5.75 Å². The van der Waals surface area contributed by atoms with Crippen LogP contribution < -0.4 is 9.46 Å². The van der Waals surface area contributed by atoms with Crippen molar-refractivity contribution in [1.82, 2.24) is 4.41 Å². The van der Waals surface area contributed by atoms with Crippen molar-refractivity contribution in [3.63, 3.8) is 0 Å². The van der Waals surface area contributed by atoms with E-state index in [4.69, 9.17) is 4.74 Å². The first-order chi connectivity index (χ1) is 13.6. The third kappa shape index (κ3) is 4.88. The molecule has 8 nitrogen and oxygen atoms in total. The lowest BCUT2D eigenvalue weighted by atomic mass is 9.99. The number of benzene rings is 2. The van der Waals surface area contributed by atoms with E-state index in [0.717, 1.165) is 16.2 Å². The summed E-state index contributed by atoms with van der Waals surface area (Å²) < 4.78 is 57.2. The first-order valence-electron chi connectivity index (χ1n) is 8.94. The minimum Gasteiger partial charge on any atom is -0.497 e. The molecule has 0 unspecified atom stereocenters. The molecule has 0 radical (unpaired) electrons. The molecule has 2 aromatic carbocycles. The molecule has 29 heavy (non-hydrogen) atoms. The highest BCUT2D eigenvalue weighted by Crippen LogP contribution is 2.36. The van der Waals surface area contributed by atoms with Crippen LogP contribution in [0.3, 0.4) is 0 Å². The Balaban J connectivity index is 1.97. The van der Waals surface area contributed by atoms with Crippen molar-refractivity contribution < 1.29 is 21.6 Å². The molecule has 0 aliphatic carbocycles. The van der Waals surface area contributed by atoms with Crippen molar-refractivity contribution in [3.05, 3.63) is 59.7 Å². The molecule has 3 rings (SSSR count). The summed E-state index contributed by atoms with van der Waals surface area (Å²) in [6.07, 6.45) is 1.46. The zero-order valence-electron chi connectivity index (χ0n) is 16.4. The zero-order valence-corrected chi connectivity index (χ0v) is 18.0.